The van der Waals surface area contributed by atoms with Crippen LogP contribution < -0.4 is 10.6 Å². The maximum Gasteiger partial charge on any atom is 0.416 e. The van der Waals surface area contributed by atoms with E-state index in [4.69, 9.17) is 0 Å². The number of carbonyl (C=O) groups excluding carboxylic acids is 1. The molecule has 0 saturated carbocycles. The topological polar surface area (TPSA) is 41.1 Å². The normalized spacial score (nSPS) is 16.7. The lowest BCUT2D eigenvalue weighted by atomic mass is 10.1. The Bertz CT molecular complexity index is 487. The van der Waals surface area contributed by atoms with Gasteiger partial charge in [0.05, 0.1) is 11.3 Å². The Morgan fingerprint density at radius 3 is 2.71 bits per heavy atom. The molecule has 0 atom stereocenters. The smallest absolute Gasteiger partial charge is 0.353 e. The van der Waals surface area contributed by atoms with E-state index in [1.165, 1.54) is 6.07 Å². The summed E-state index contributed by atoms with van der Waals surface area (Å²) in [5, 5.41) is 6.12. The van der Waals surface area contributed by atoms with Crippen LogP contribution in [0.25, 0.3) is 0 Å². The average molecular weight is 318 g/mol. The van der Waals surface area contributed by atoms with E-state index in [0.29, 0.717) is 4.90 Å². The van der Waals surface area contributed by atoms with Gasteiger partial charge in [-0.25, -0.2) is 0 Å². The summed E-state index contributed by atoms with van der Waals surface area (Å²) in [5.41, 5.74) is -0.689. The van der Waals surface area contributed by atoms with Crippen molar-refractivity contribution in [3.8, 4) is 0 Å². The molecule has 1 amide bonds. The quantitative estimate of drug-likeness (QED) is 0.839. The van der Waals surface area contributed by atoms with Gasteiger partial charge in [-0.3, -0.25) is 4.79 Å². The summed E-state index contributed by atoms with van der Waals surface area (Å²) < 4.78 is 37.7. The molecule has 116 valence electrons. The molecule has 1 saturated heterocycles. The first kappa shape index (κ1) is 16.2. The Labute approximate surface area is 125 Å². The Morgan fingerprint density at radius 2 is 2.05 bits per heavy atom. The molecule has 2 rings (SSSR count). The third-order valence-corrected chi connectivity index (χ3v) is 4.23. The molecule has 21 heavy (non-hydrogen) atoms. The molecule has 7 heteroatoms. The van der Waals surface area contributed by atoms with Crippen molar-refractivity contribution < 1.29 is 18.0 Å². The van der Waals surface area contributed by atoms with Crippen molar-refractivity contribution in [3.05, 3.63) is 29.8 Å². The summed E-state index contributed by atoms with van der Waals surface area (Å²) in [5.74, 6) is -0.00470. The van der Waals surface area contributed by atoms with Crippen LogP contribution in [0.5, 0.6) is 0 Å². The first-order valence-electron chi connectivity index (χ1n) is 6.75. The molecule has 3 nitrogen and oxygen atoms in total. The third-order valence-electron chi connectivity index (χ3n) is 3.24. The van der Waals surface area contributed by atoms with Gasteiger partial charge in [0, 0.05) is 10.9 Å². The fraction of sp³-hybridized carbons (Fsp3) is 0.500. The number of halogens is 3. The fourth-order valence-corrected chi connectivity index (χ4v) is 2.91. The molecule has 1 fully saturated rings. The number of rotatable bonds is 4. The van der Waals surface area contributed by atoms with Crippen molar-refractivity contribution in [1.29, 1.82) is 0 Å². The minimum absolute atomic E-state index is 0.130. The Balaban J connectivity index is 1.83. The van der Waals surface area contributed by atoms with E-state index in [1.807, 2.05) is 0 Å². The molecule has 0 aliphatic carbocycles. The highest BCUT2D eigenvalue weighted by Gasteiger charge is 2.30. The van der Waals surface area contributed by atoms with Crippen LogP contribution in [0.1, 0.15) is 18.4 Å². The number of alkyl halides is 3. The standard InChI is InChI=1S/C14H17F3N2OS/c15-14(16,17)10-2-1-3-12(8-10)21-9-13(20)19-11-4-6-18-7-5-11/h1-3,8,11,18H,4-7,9H2,(H,19,20). The minimum Gasteiger partial charge on any atom is -0.353 e. The predicted octanol–water partition coefficient (Wildman–Crippen LogP) is 2.67. The van der Waals surface area contributed by atoms with Gasteiger partial charge in [-0.15, -0.1) is 11.8 Å². The molecule has 1 aromatic rings. The van der Waals surface area contributed by atoms with Gasteiger partial charge in [0.2, 0.25) is 5.91 Å². The lowest BCUT2D eigenvalue weighted by Gasteiger charge is -2.23. The fourth-order valence-electron chi connectivity index (χ4n) is 2.15. The Morgan fingerprint density at radius 1 is 1.33 bits per heavy atom. The van der Waals surface area contributed by atoms with E-state index in [1.54, 1.807) is 6.07 Å². The molecule has 1 aliphatic rings. The summed E-state index contributed by atoms with van der Waals surface area (Å²) in [6.07, 6.45) is -2.58. The highest BCUT2D eigenvalue weighted by atomic mass is 32.2. The first-order chi connectivity index (χ1) is 9.95. The molecule has 0 unspecified atom stereocenters. The second-order valence-corrected chi connectivity index (χ2v) is 5.95. The third kappa shape index (κ3) is 5.24. The number of carbonyl (C=O) groups is 1. The number of hydrogen-bond acceptors (Lipinski definition) is 3. The number of amides is 1. The van der Waals surface area contributed by atoms with Crippen molar-refractivity contribution in [2.45, 2.75) is 30.0 Å². The summed E-state index contributed by atoms with van der Waals surface area (Å²) in [6.45, 7) is 1.76. The van der Waals surface area contributed by atoms with E-state index in [9.17, 15) is 18.0 Å². The number of piperidine rings is 1. The molecule has 1 aromatic carbocycles. The van der Waals surface area contributed by atoms with E-state index < -0.39 is 11.7 Å². The van der Waals surface area contributed by atoms with E-state index in [0.717, 1.165) is 49.8 Å². The largest absolute Gasteiger partial charge is 0.416 e. The van der Waals surface area contributed by atoms with Gasteiger partial charge >= 0.3 is 6.18 Å². The number of nitrogens with one attached hydrogen (secondary N) is 2. The molecular formula is C14H17F3N2OS. The predicted molar refractivity (Wildman–Crippen MR) is 76.2 cm³/mol. The second-order valence-electron chi connectivity index (χ2n) is 4.91. The van der Waals surface area contributed by atoms with E-state index in [-0.39, 0.29) is 17.7 Å². The molecule has 0 bridgehead atoms. The average Bonchev–Trinajstić information content (AvgIpc) is 2.46. The molecule has 1 heterocycles. The van der Waals surface area contributed by atoms with E-state index in [2.05, 4.69) is 10.6 Å². The summed E-state index contributed by atoms with van der Waals surface area (Å²) >= 11 is 1.12. The molecular weight excluding hydrogens is 301 g/mol. The van der Waals surface area contributed by atoms with Crippen LogP contribution in [0.4, 0.5) is 13.2 Å². The molecule has 1 aliphatic heterocycles. The van der Waals surface area contributed by atoms with Crippen LogP contribution in [-0.2, 0) is 11.0 Å². The van der Waals surface area contributed by atoms with Gasteiger partial charge in [-0.1, -0.05) is 6.07 Å². The van der Waals surface area contributed by atoms with Gasteiger partial charge in [0.15, 0.2) is 0 Å². The Hall–Kier alpha value is -1.21. The SMILES string of the molecule is O=C(CSc1cccc(C(F)(F)F)c1)NC1CCNCC1. The highest BCUT2D eigenvalue weighted by molar-refractivity contribution is 8.00. The van der Waals surface area contributed by atoms with Crippen LogP contribution in [-0.4, -0.2) is 30.8 Å². The summed E-state index contributed by atoms with van der Waals surface area (Å²) in [6, 6.07) is 5.20. The number of benzene rings is 1. The minimum atomic E-state index is -4.35. The second kappa shape index (κ2) is 7.17. The van der Waals surface area contributed by atoms with Crippen LogP contribution in [0.3, 0.4) is 0 Å². The van der Waals surface area contributed by atoms with Crippen LogP contribution in [0, 0.1) is 0 Å². The zero-order valence-corrected chi connectivity index (χ0v) is 12.2. The molecule has 2 N–H and O–H groups in total. The Kier molecular flexibility index (Phi) is 5.52. The molecule has 0 radical (unpaired) electrons. The zero-order valence-electron chi connectivity index (χ0n) is 11.4. The van der Waals surface area contributed by atoms with Gasteiger partial charge in [-0.05, 0) is 44.1 Å². The van der Waals surface area contributed by atoms with Crippen molar-refractivity contribution in [2.75, 3.05) is 18.8 Å². The van der Waals surface area contributed by atoms with Crippen molar-refractivity contribution >= 4 is 17.7 Å². The lowest BCUT2D eigenvalue weighted by molar-refractivity contribution is -0.137. The van der Waals surface area contributed by atoms with Crippen LogP contribution >= 0.6 is 11.8 Å². The van der Waals surface area contributed by atoms with Gasteiger partial charge in [0.25, 0.3) is 0 Å². The monoisotopic (exact) mass is 318 g/mol. The summed E-state index contributed by atoms with van der Waals surface area (Å²) in [4.78, 5) is 12.2. The van der Waals surface area contributed by atoms with Crippen LogP contribution in [0.15, 0.2) is 29.2 Å². The molecule has 0 aromatic heterocycles. The molecule has 0 spiro atoms. The van der Waals surface area contributed by atoms with Gasteiger partial charge in [0.1, 0.15) is 0 Å². The van der Waals surface area contributed by atoms with Crippen molar-refractivity contribution in [1.82, 2.24) is 10.6 Å². The van der Waals surface area contributed by atoms with Crippen molar-refractivity contribution in [3.63, 3.8) is 0 Å². The number of hydrogen-bond donors (Lipinski definition) is 2. The maximum absolute atomic E-state index is 12.6. The van der Waals surface area contributed by atoms with Crippen molar-refractivity contribution in [2.24, 2.45) is 0 Å². The maximum atomic E-state index is 12.6. The highest BCUT2D eigenvalue weighted by Crippen LogP contribution is 2.31. The number of thioether (sulfide) groups is 1. The summed E-state index contributed by atoms with van der Waals surface area (Å²) in [7, 11) is 0. The van der Waals surface area contributed by atoms with Gasteiger partial charge in [-0.2, -0.15) is 13.2 Å². The van der Waals surface area contributed by atoms with Crippen LogP contribution in [0.2, 0.25) is 0 Å². The first-order valence-corrected chi connectivity index (χ1v) is 7.74. The van der Waals surface area contributed by atoms with E-state index >= 15 is 0 Å². The van der Waals surface area contributed by atoms with Gasteiger partial charge < -0.3 is 10.6 Å². The zero-order chi connectivity index (χ0) is 15.3. The lowest BCUT2D eigenvalue weighted by Crippen LogP contribution is -2.43.